The predicted octanol–water partition coefficient (Wildman–Crippen LogP) is 1.92. The second-order valence-corrected chi connectivity index (χ2v) is 4.97. The molecule has 0 aliphatic rings. The lowest BCUT2D eigenvalue weighted by Gasteiger charge is -2.11. The fraction of sp³-hybridized carbons (Fsp3) is 0.250. The monoisotopic (exact) mass is 311 g/mol. The number of benzene rings is 1. The van der Waals surface area contributed by atoms with Gasteiger partial charge in [-0.05, 0) is 38.1 Å². The van der Waals surface area contributed by atoms with Gasteiger partial charge in [0.05, 0.1) is 19.0 Å². The summed E-state index contributed by atoms with van der Waals surface area (Å²) in [6.45, 7) is 4.33. The fourth-order valence-electron chi connectivity index (χ4n) is 2.31. The summed E-state index contributed by atoms with van der Waals surface area (Å²) in [6.07, 6.45) is 1.62. The van der Waals surface area contributed by atoms with Crippen LogP contribution in [0.5, 0.6) is 5.75 Å². The predicted molar refractivity (Wildman–Crippen MR) is 88.4 cm³/mol. The van der Waals surface area contributed by atoms with Gasteiger partial charge in [0.1, 0.15) is 17.0 Å². The largest absolute Gasteiger partial charge is 0.497 e. The lowest BCUT2D eigenvalue weighted by molar-refractivity contribution is 0.414. The van der Waals surface area contributed by atoms with Crippen LogP contribution in [0.15, 0.2) is 35.3 Å². The average Bonchev–Trinajstić information content (AvgIpc) is 2.57. The highest BCUT2D eigenvalue weighted by Crippen LogP contribution is 2.18. The molecule has 118 valence electrons. The van der Waals surface area contributed by atoms with Gasteiger partial charge < -0.3 is 10.1 Å². The molecule has 0 radical (unpaired) electrons. The van der Waals surface area contributed by atoms with Crippen LogP contribution in [0.25, 0.3) is 16.9 Å². The quantitative estimate of drug-likeness (QED) is 0.793. The van der Waals surface area contributed by atoms with Crippen molar-refractivity contribution >= 4 is 17.1 Å². The van der Waals surface area contributed by atoms with Gasteiger partial charge in [-0.25, -0.2) is 9.97 Å². The van der Waals surface area contributed by atoms with Gasteiger partial charge in [-0.1, -0.05) is 0 Å². The number of nitrogens with zero attached hydrogens (tertiary/aromatic N) is 4. The van der Waals surface area contributed by atoms with E-state index in [0.29, 0.717) is 35.0 Å². The maximum Gasteiger partial charge on any atom is 0.278 e. The van der Waals surface area contributed by atoms with Crippen LogP contribution in [0.4, 0.5) is 5.95 Å². The van der Waals surface area contributed by atoms with E-state index in [1.165, 1.54) is 0 Å². The molecule has 1 aromatic carbocycles. The molecule has 0 spiro atoms. The molecule has 3 aromatic rings. The van der Waals surface area contributed by atoms with Crippen molar-refractivity contribution in [3.63, 3.8) is 0 Å². The minimum absolute atomic E-state index is 0.205. The molecule has 23 heavy (non-hydrogen) atoms. The average molecular weight is 311 g/mol. The third-order valence-corrected chi connectivity index (χ3v) is 3.43. The van der Waals surface area contributed by atoms with Crippen molar-refractivity contribution in [2.75, 3.05) is 19.0 Å². The van der Waals surface area contributed by atoms with E-state index in [4.69, 9.17) is 4.74 Å². The molecule has 0 saturated carbocycles. The van der Waals surface area contributed by atoms with Gasteiger partial charge in [-0.3, -0.25) is 9.36 Å². The fourth-order valence-corrected chi connectivity index (χ4v) is 2.31. The Morgan fingerprint density at radius 2 is 1.96 bits per heavy atom. The van der Waals surface area contributed by atoms with E-state index in [-0.39, 0.29) is 5.56 Å². The van der Waals surface area contributed by atoms with Gasteiger partial charge in [0, 0.05) is 6.54 Å². The van der Waals surface area contributed by atoms with Gasteiger partial charge in [0.15, 0.2) is 5.65 Å². The molecule has 0 amide bonds. The van der Waals surface area contributed by atoms with E-state index >= 15 is 0 Å². The van der Waals surface area contributed by atoms with Crippen LogP contribution >= 0.6 is 0 Å². The van der Waals surface area contributed by atoms with E-state index in [1.807, 2.05) is 19.1 Å². The number of methoxy groups -OCH3 is 1. The Balaban J connectivity index is 2.28. The second kappa shape index (κ2) is 6.04. The third kappa shape index (κ3) is 2.73. The van der Waals surface area contributed by atoms with Crippen molar-refractivity contribution in [1.82, 2.24) is 19.5 Å². The van der Waals surface area contributed by atoms with E-state index in [9.17, 15) is 4.79 Å². The number of aryl methyl sites for hydroxylation is 1. The van der Waals surface area contributed by atoms with E-state index in [0.717, 1.165) is 5.75 Å². The Labute approximate surface area is 133 Å². The number of fused-ring (bicyclic) bond motifs is 1. The van der Waals surface area contributed by atoms with Gasteiger partial charge >= 0.3 is 0 Å². The van der Waals surface area contributed by atoms with Crippen molar-refractivity contribution < 1.29 is 4.74 Å². The summed E-state index contributed by atoms with van der Waals surface area (Å²) in [7, 11) is 1.60. The summed E-state index contributed by atoms with van der Waals surface area (Å²) in [5, 5.41) is 3.05. The van der Waals surface area contributed by atoms with Crippen LogP contribution in [0.3, 0.4) is 0 Å². The summed E-state index contributed by atoms with van der Waals surface area (Å²) < 4.78 is 6.70. The summed E-state index contributed by atoms with van der Waals surface area (Å²) in [5.74, 6) is 1.19. The van der Waals surface area contributed by atoms with Crippen LogP contribution in [-0.2, 0) is 0 Å². The Morgan fingerprint density at radius 3 is 2.61 bits per heavy atom. The van der Waals surface area contributed by atoms with Gasteiger partial charge in [-0.15, -0.1) is 0 Å². The van der Waals surface area contributed by atoms with Gasteiger partial charge in [-0.2, -0.15) is 4.98 Å². The molecule has 2 heterocycles. The molecule has 0 bridgehead atoms. The number of hydrogen-bond acceptors (Lipinski definition) is 6. The number of ether oxygens (including phenoxy) is 1. The zero-order chi connectivity index (χ0) is 16.4. The minimum atomic E-state index is -0.205. The lowest BCUT2D eigenvalue weighted by atomic mass is 10.3. The highest BCUT2D eigenvalue weighted by molar-refractivity contribution is 5.72. The molecule has 0 unspecified atom stereocenters. The molecule has 2 aromatic heterocycles. The molecular weight excluding hydrogens is 294 g/mol. The molecule has 0 atom stereocenters. The first kappa shape index (κ1) is 15.0. The summed E-state index contributed by atoms with van der Waals surface area (Å²) in [5.41, 5.74) is 1.93. The van der Waals surface area contributed by atoms with Crippen molar-refractivity contribution in [2.24, 2.45) is 0 Å². The van der Waals surface area contributed by atoms with Crippen molar-refractivity contribution in [3.05, 3.63) is 46.5 Å². The van der Waals surface area contributed by atoms with E-state index in [2.05, 4.69) is 20.3 Å². The summed E-state index contributed by atoms with van der Waals surface area (Å²) in [4.78, 5) is 25.5. The molecular formula is C16H17N5O2. The summed E-state index contributed by atoms with van der Waals surface area (Å²) in [6, 6.07) is 7.23. The molecule has 0 saturated heterocycles. The van der Waals surface area contributed by atoms with Crippen LogP contribution in [0.1, 0.15) is 12.6 Å². The maximum absolute atomic E-state index is 12.6. The van der Waals surface area contributed by atoms with Crippen LogP contribution in [0, 0.1) is 6.92 Å². The first-order valence-electron chi connectivity index (χ1n) is 7.28. The maximum atomic E-state index is 12.6. The Kier molecular flexibility index (Phi) is 3.92. The number of nitrogens with one attached hydrogen (secondary N) is 1. The van der Waals surface area contributed by atoms with E-state index in [1.54, 1.807) is 36.9 Å². The zero-order valence-corrected chi connectivity index (χ0v) is 13.2. The molecule has 0 aliphatic heterocycles. The number of hydrogen-bond donors (Lipinski definition) is 1. The minimum Gasteiger partial charge on any atom is -0.497 e. The molecule has 0 aliphatic carbocycles. The molecule has 0 fully saturated rings. The number of anilines is 1. The Bertz CT molecular complexity index is 903. The third-order valence-electron chi connectivity index (χ3n) is 3.43. The topological polar surface area (TPSA) is 81.9 Å². The number of rotatable bonds is 4. The van der Waals surface area contributed by atoms with Gasteiger partial charge in [0.25, 0.3) is 5.56 Å². The lowest BCUT2D eigenvalue weighted by Crippen LogP contribution is -2.23. The van der Waals surface area contributed by atoms with Crippen LogP contribution in [0.2, 0.25) is 0 Å². The first-order chi connectivity index (χ1) is 11.1. The molecule has 7 nitrogen and oxygen atoms in total. The standard InChI is InChI=1S/C16H17N5O2/c1-4-17-16-18-9-13-14(20-16)21(15(22)10(2)19-13)11-5-7-12(23-3)8-6-11/h5-9H,4H2,1-3H3,(H,17,18,20). The highest BCUT2D eigenvalue weighted by Gasteiger charge is 2.12. The van der Waals surface area contributed by atoms with Crippen molar-refractivity contribution in [2.45, 2.75) is 13.8 Å². The highest BCUT2D eigenvalue weighted by atomic mass is 16.5. The Morgan fingerprint density at radius 1 is 1.22 bits per heavy atom. The van der Waals surface area contributed by atoms with Gasteiger partial charge in [0.2, 0.25) is 5.95 Å². The molecule has 3 rings (SSSR count). The Hall–Kier alpha value is -2.96. The zero-order valence-electron chi connectivity index (χ0n) is 13.2. The smallest absolute Gasteiger partial charge is 0.278 e. The van der Waals surface area contributed by atoms with Crippen molar-refractivity contribution in [1.29, 1.82) is 0 Å². The van der Waals surface area contributed by atoms with Crippen molar-refractivity contribution in [3.8, 4) is 11.4 Å². The number of aromatic nitrogens is 4. The second-order valence-electron chi connectivity index (χ2n) is 4.97. The SMILES string of the molecule is CCNc1ncc2nc(C)c(=O)n(-c3ccc(OC)cc3)c2n1. The van der Waals surface area contributed by atoms with E-state index < -0.39 is 0 Å². The summed E-state index contributed by atoms with van der Waals surface area (Å²) >= 11 is 0. The molecule has 1 N–H and O–H groups in total. The molecule has 7 heteroatoms. The van der Waals surface area contributed by atoms with Crippen LogP contribution in [-0.4, -0.2) is 33.2 Å². The first-order valence-corrected chi connectivity index (χ1v) is 7.28. The van der Waals surface area contributed by atoms with Crippen LogP contribution < -0.4 is 15.6 Å². The normalized spacial score (nSPS) is 10.7.